The Labute approximate surface area is 189 Å². The van der Waals surface area contributed by atoms with E-state index in [1.54, 1.807) is 4.90 Å². The van der Waals surface area contributed by atoms with E-state index in [1.807, 2.05) is 18.7 Å². The second-order valence-electron chi connectivity index (χ2n) is 11.0. The molecule has 0 aromatic carbocycles. The average molecular weight is 445 g/mol. The highest BCUT2D eigenvalue weighted by molar-refractivity contribution is 6.04. The Hall–Kier alpha value is -2.12. The maximum absolute atomic E-state index is 13.7. The molecule has 2 N–H and O–H groups in total. The van der Waals surface area contributed by atoms with Crippen LogP contribution in [0.3, 0.4) is 0 Å². The van der Waals surface area contributed by atoms with Crippen LogP contribution in [-0.4, -0.2) is 64.3 Å². The van der Waals surface area contributed by atoms with E-state index >= 15 is 0 Å². The van der Waals surface area contributed by atoms with E-state index in [0.717, 1.165) is 57.8 Å². The maximum Gasteiger partial charge on any atom is 0.315 e. The number of hydrogen-bond donors (Lipinski definition) is 2. The van der Waals surface area contributed by atoms with Gasteiger partial charge in [-0.15, -0.1) is 0 Å². The molecule has 3 saturated carbocycles. The predicted molar refractivity (Wildman–Crippen MR) is 117 cm³/mol. The zero-order chi connectivity index (χ0) is 22.6. The number of urea groups is 1. The number of amides is 5. The first-order chi connectivity index (χ1) is 15.3. The van der Waals surface area contributed by atoms with Crippen LogP contribution in [0.5, 0.6) is 0 Å². The molecular formula is C24H36N4O4. The molecule has 8 heteroatoms. The highest BCUT2D eigenvalue weighted by Crippen LogP contribution is 2.56. The topological polar surface area (TPSA) is 98.8 Å². The lowest BCUT2D eigenvalue weighted by Crippen LogP contribution is -2.59. The van der Waals surface area contributed by atoms with Crippen LogP contribution in [0.15, 0.2) is 0 Å². The molecule has 176 valence electrons. The lowest BCUT2D eigenvalue weighted by atomic mass is 9.64. The molecule has 0 aromatic heterocycles. The highest BCUT2D eigenvalue weighted by Gasteiger charge is 2.68. The molecule has 0 radical (unpaired) electrons. The SMILES string of the molecule is CC(C)C(NC(=O)NC1CCCC1)C(=O)N1CCC2C1C1(CCC1)C(=O)N2C(=O)C1CC1. The van der Waals surface area contributed by atoms with E-state index in [9.17, 15) is 19.2 Å². The summed E-state index contributed by atoms with van der Waals surface area (Å²) in [6.45, 7) is 4.41. The fraction of sp³-hybridized carbons (Fsp3) is 0.833. The van der Waals surface area contributed by atoms with Gasteiger partial charge in [0.2, 0.25) is 17.7 Å². The second kappa shape index (κ2) is 8.03. The summed E-state index contributed by atoms with van der Waals surface area (Å²) < 4.78 is 0. The second-order valence-corrected chi connectivity index (χ2v) is 11.0. The van der Waals surface area contributed by atoms with E-state index in [1.165, 1.54) is 0 Å². The number of imide groups is 1. The van der Waals surface area contributed by atoms with Crippen LogP contribution in [0, 0.1) is 17.3 Å². The number of carbonyl (C=O) groups excluding carboxylic acids is 4. The first kappa shape index (κ1) is 21.7. The largest absolute Gasteiger partial charge is 0.335 e. The van der Waals surface area contributed by atoms with Crippen molar-refractivity contribution in [1.82, 2.24) is 20.4 Å². The van der Waals surface area contributed by atoms with Gasteiger partial charge in [-0.1, -0.05) is 33.1 Å². The molecule has 0 aromatic rings. The molecule has 2 heterocycles. The minimum absolute atomic E-state index is 0.0102. The molecule has 5 amide bonds. The Morgan fingerprint density at radius 2 is 1.69 bits per heavy atom. The molecule has 3 unspecified atom stereocenters. The Balaban J connectivity index is 1.34. The number of carbonyl (C=O) groups is 4. The molecule has 5 fully saturated rings. The van der Waals surface area contributed by atoms with Crippen LogP contribution in [0.4, 0.5) is 4.79 Å². The Morgan fingerprint density at radius 1 is 1.00 bits per heavy atom. The molecule has 8 nitrogen and oxygen atoms in total. The van der Waals surface area contributed by atoms with Crippen LogP contribution >= 0.6 is 0 Å². The summed E-state index contributed by atoms with van der Waals surface area (Å²) in [6.07, 6.45) is 9.04. The maximum atomic E-state index is 13.7. The van der Waals surface area contributed by atoms with Gasteiger partial charge in [0.05, 0.1) is 17.5 Å². The Bertz CT molecular complexity index is 813. The van der Waals surface area contributed by atoms with Gasteiger partial charge in [-0.2, -0.15) is 0 Å². The van der Waals surface area contributed by atoms with E-state index in [0.29, 0.717) is 13.0 Å². The number of nitrogens with one attached hydrogen (secondary N) is 2. The van der Waals surface area contributed by atoms with E-state index in [-0.39, 0.29) is 53.7 Å². The lowest BCUT2D eigenvalue weighted by molar-refractivity contribution is -0.152. The normalized spacial score (nSPS) is 29.9. The molecule has 1 spiro atoms. The van der Waals surface area contributed by atoms with Crippen molar-refractivity contribution in [3.05, 3.63) is 0 Å². The molecule has 5 rings (SSSR count). The predicted octanol–water partition coefficient (Wildman–Crippen LogP) is 2.17. The van der Waals surface area contributed by atoms with E-state index in [4.69, 9.17) is 0 Å². The monoisotopic (exact) mass is 444 g/mol. The minimum Gasteiger partial charge on any atom is -0.335 e. The minimum atomic E-state index is -0.643. The van der Waals surface area contributed by atoms with Crippen molar-refractivity contribution in [2.45, 2.75) is 102 Å². The van der Waals surface area contributed by atoms with Crippen LogP contribution in [0.1, 0.15) is 78.1 Å². The highest BCUT2D eigenvalue weighted by atomic mass is 16.2. The van der Waals surface area contributed by atoms with Gasteiger partial charge in [0.25, 0.3) is 0 Å². The summed E-state index contributed by atoms with van der Waals surface area (Å²) in [6, 6.07) is -1.21. The summed E-state index contributed by atoms with van der Waals surface area (Å²) in [7, 11) is 0. The van der Waals surface area contributed by atoms with Crippen molar-refractivity contribution in [3.63, 3.8) is 0 Å². The summed E-state index contributed by atoms with van der Waals surface area (Å²) >= 11 is 0. The van der Waals surface area contributed by atoms with E-state index < -0.39 is 11.5 Å². The standard InChI is InChI=1S/C24H36N4O4/c1-14(2)18(26-23(32)25-16-6-3-4-7-16)21(30)27-13-10-17-19(27)24(11-5-12-24)22(31)28(17)20(29)15-8-9-15/h14-19H,3-13H2,1-2H3,(H2,25,26,32). The van der Waals surface area contributed by atoms with Gasteiger partial charge < -0.3 is 15.5 Å². The molecular weight excluding hydrogens is 408 g/mol. The van der Waals surface area contributed by atoms with Gasteiger partial charge in [0.15, 0.2) is 0 Å². The van der Waals surface area contributed by atoms with Crippen LogP contribution in [0.2, 0.25) is 0 Å². The molecule has 5 aliphatic rings. The van der Waals surface area contributed by atoms with Gasteiger partial charge in [-0.05, 0) is 50.9 Å². The van der Waals surface area contributed by atoms with Gasteiger partial charge >= 0.3 is 6.03 Å². The first-order valence-corrected chi connectivity index (χ1v) is 12.6. The van der Waals surface area contributed by atoms with Crippen molar-refractivity contribution in [2.75, 3.05) is 6.54 Å². The zero-order valence-corrected chi connectivity index (χ0v) is 19.3. The van der Waals surface area contributed by atoms with Crippen molar-refractivity contribution in [2.24, 2.45) is 17.3 Å². The van der Waals surface area contributed by atoms with Crippen LogP contribution < -0.4 is 10.6 Å². The number of hydrogen-bond acceptors (Lipinski definition) is 4. The van der Waals surface area contributed by atoms with Crippen LogP contribution in [-0.2, 0) is 14.4 Å². The number of fused-ring (bicyclic) bond motifs is 2. The van der Waals surface area contributed by atoms with Gasteiger partial charge in [0.1, 0.15) is 6.04 Å². The fourth-order valence-corrected chi connectivity index (χ4v) is 6.47. The molecule has 2 saturated heterocycles. The smallest absolute Gasteiger partial charge is 0.315 e. The third-order valence-corrected chi connectivity index (χ3v) is 8.51. The zero-order valence-electron chi connectivity index (χ0n) is 19.3. The van der Waals surface area contributed by atoms with Gasteiger partial charge in [-0.3, -0.25) is 19.3 Å². The number of likely N-dealkylation sites (tertiary alicyclic amines) is 2. The molecule has 3 atom stereocenters. The van der Waals surface area contributed by atoms with Crippen molar-refractivity contribution in [3.8, 4) is 0 Å². The number of nitrogens with zero attached hydrogens (tertiary/aromatic N) is 2. The summed E-state index contributed by atoms with van der Waals surface area (Å²) in [5, 5.41) is 5.95. The van der Waals surface area contributed by atoms with Crippen LogP contribution in [0.25, 0.3) is 0 Å². The van der Waals surface area contributed by atoms with Gasteiger partial charge in [-0.25, -0.2) is 4.79 Å². The Morgan fingerprint density at radius 3 is 2.25 bits per heavy atom. The van der Waals surface area contributed by atoms with Gasteiger partial charge in [0, 0.05) is 18.5 Å². The van der Waals surface area contributed by atoms with Crippen molar-refractivity contribution >= 4 is 23.8 Å². The number of rotatable bonds is 5. The third-order valence-electron chi connectivity index (χ3n) is 8.51. The quantitative estimate of drug-likeness (QED) is 0.635. The van der Waals surface area contributed by atoms with Crippen molar-refractivity contribution < 1.29 is 19.2 Å². The average Bonchev–Trinajstić information content (AvgIpc) is 3.18. The molecule has 3 aliphatic carbocycles. The summed E-state index contributed by atoms with van der Waals surface area (Å²) in [4.78, 5) is 56.1. The summed E-state index contributed by atoms with van der Waals surface area (Å²) in [5.74, 6) is -0.286. The molecule has 2 aliphatic heterocycles. The molecule has 32 heavy (non-hydrogen) atoms. The third kappa shape index (κ3) is 3.41. The lowest BCUT2D eigenvalue weighted by Gasteiger charge is -2.44. The summed E-state index contributed by atoms with van der Waals surface area (Å²) in [5.41, 5.74) is -0.602. The Kier molecular flexibility index (Phi) is 5.45. The van der Waals surface area contributed by atoms with E-state index in [2.05, 4.69) is 10.6 Å². The molecule has 0 bridgehead atoms. The first-order valence-electron chi connectivity index (χ1n) is 12.6. The van der Waals surface area contributed by atoms with Crippen molar-refractivity contribution in [1.29, 1.82) is 0 Å². The fourth-order valence-electron chi connectivity index (χ4n) is 6.47.